The molecule has 0 bridgehead atoms. The molecular formula is C16H18F2N2O2S. The normalized spacial score (nSPS) is 36.8. The number of aliphatic imine (C=N–C) groups is 1. The zero-order valence-electron chi connectivity index (χ0n) is 12.5. The fourth-order valence-corrected chi connectivity index (χ4v) is 4.66. The van der Waals surface area contributed by atoms with E-state index in [1.54, 1.807) is 0 Å². The molecule has 3 aliphatic rings. The Balaban J connectivity index is 1.71. The maximum atomic E-state index is 14.4. The first-order chi connectivity index (χ1) is 11.1. The van der Waals surface area contributed by atoms with Crippen molar-refractivity contribution in [3.05, 3.63) is 35.4 Å². The number of halogens is 2. The van der Waals surface area contributed by atoms with Crippen LogP contribution in [-0.4, -0.2) is 36.3 Å². The number of thioether (sulfide) groups is 1. The summed E-state index contributed by atoms with van der Waals surface area (Å²) in [6, 6.07) is 3.63. The molecule has 0 radical (unpaired) electrons. The Kier molecular flexibility index (Phi) is 3.82. The van der Waals surface area contributed by atoms with Gasteiger partial charge in [-0.05, 0) is 18.9 Å². The maximum absolute atomic E-state index is 14.4. The number of rotatable bonds is 2. The third kappa shape index (κ3) is 2.55. The highest BCUT2D eigenvalue weighted by Gasteiger charge is 2.51. The van der Waals surface area contributed by atoms with Crippen molar-refractivity contribution in [3.63, 3.8) is 0 Å². The minimum absolute atomic E-state index is 0.0144. The minimum atomic E-state index is -0.868. The van der Waals surface area contributed by atoms with Gasteiger partial charge in [-0.25, -0.2) is 13.8 Å². The highest BCUT2D eigenvalue weighted by Crippen LogP contribution is 2.47. The van der Waals surface area contributed by atoms with Crippen molar-refractivity contribution < 1.29 is 18.3 Å². The topological polar surface area (TPSA) is 56.8 Å². The molecule has 0 amide bonds. The number of nitrogens with two attached hydrogens (primary N) is 1. The van der Waals surface area contributed by atoms with E-state index in [0.717, 1.165) is 31.3 Å². The van der Waals surface area contributed by atoms with Crippen LogP contribution in [0.1, 0.15) is 18.4 Å². The molecule has 3 aliphatic heterocycles. The average Bonchev–Trinajstić information content (AvgIpc) is 2.45. The molecule has 3 heterocycles. The van der Waals surface area contributed by atoms with Crippen LogP contribution in [0.15, 0.2) is 23.2 Å². The first-order valence-electron chi connectivity index (χ1n) is 7.75. The summed E-state index contributed by atoms with van der Waals surface area (Å²) < 4.78 is 39.2. The Bertz CT molecular complexity index is 653. The van der Waals surface area contributed by atoms with Crippen LogP contribution in [0.25, 0.3) is 0 Å². The van der Waals surface area contributed by atoms with Crippen LogP contribution in [0.4, 0.5) is 8.78 Å². The molecule has 1 unspecified atom stereocenters. The number of hydrogen-bond donors (Lipinski definition) is 1. The van der Waals surface area contributed by atoms with E-state index in [1.165, 1.54) is 23.9 Å². The van der Waals surface area contributed by atoms with Gasteiger partial charge in [-0.2, -0.15) is 0 Å². The van der Waals surface area contributed by atoms with E-state index >= 15 is 0 Å². The molecule has 1 aromatic rings. The van der Waals surface area contributed by atoms with E-state index in [0.29, 0.717) is 10.7 Å². The average molecular weight is 340 g/mol. The lowest BCUT2D eigenvalue weighted by molar-refractivity contribution is -0.172. The van der Waals surface area contributed by atoms with Crippen molar-refractivity contribution in [1.82, 2.24) is 0 Å². The summed E-state index contributed by atoms with van der Waals surface area (Å²) >= 11 is 1.48. The Morgan fingerprint density at radius 2 is 2.09 bits per heavy atom. The van der Waals surface area contributed by atoms with Crippen molar-refractivity contribution >= 4 is 16.9 Å². The second kappa shape index (κ2) is 5.72. The largest absolute Gasteiger partial charge is 0.379 e. The lowest BCUT2D eigenvalue weighted by atomic mass is 9.74. The third-order valence-corrected chi connectivity index (χ3v) is 5.95. The molecule has 4 nitrogen and oxygen atoms in total. The van der Waals surface area contributed by atoms with Gasteiger partial charge in [-0.3, -0.25) is 0 Å². The molecular weight excluding hydrogens is 322 g/mol. The summed E-state index contributed by atoms with van der Waals surface area (Å²) in [6.07, 6.45) is 1.87. The van der Waals surface area contributed by atoms with Gasteiger partial charge in [0.2, 0.25) is 0 Å². The van der Waals surface area contributed by atoms with Crippen molar-refractivity contribution in [2.75, 3.05) is 19.0 Å². The molecule has 23 heavy (non-hydrogen) atoms. The monoisotopic (exact) mass is 340 g/mol. The van der Waals surface area contributed by atoms with Gasteiger partial charge in [0.15, 0.2) is 5.17 Å². The fraction of sp³-hybridized carbons (Fsp3) is 0.562. The maximum Gasteiger partial charge on any atom is 0.154 e. The van der Waals surface area contributed by atoms with E-state index in [-0.39, 0.29) is 24.7 Å². The van der Waals surface area contributed by atoms with Gasteiger partial charge < -0.3 is 15.2 Å². The first-order valence-corrected chi connectivity index (χ1v) is 8.74. The lowest BCUT2D eigenvalue weighted by Crippen LogP contribution is -2.54. The number of nitrogens with zero attached hydrogens (tertiary/aromatic N) is 1. The van der Waals surface area contributed by atoms with Gasteiger partial charge in [-0.15, -0.1) is 0 Å². The Morgan fingerprint density at radius 1 is 1.26 bits per heavy atom. The molecule has 124 valence electrons. The van der Waals surface area contributed by atoms with Crippen LogP contribution in [0.5, 0.6) is 0 Å². The Labute approximate surface area is 137 Å². The summed E-state index contributed by atoms with van der Waals surface area (Å²) in [4.78, 5) is 4.56. The SMILES string of the molecule is NC1=N[C@@]2(c3ccc(F)cc3F)CO[C@H](C3CCO3)C[C@H]2CS1. The highest BCUT2D eigenvalue weighted by atomic mass is 32.2. The van der Waals surface area contributed by atoms with Crippen molar-refractivity contribution in [2.45, 2.75) is 30.6 Å². The molecule has 2 N–H and O–H groups in total. The zero-order chi connectivity index (χ0) is 16.0. The van der Waals surface area contributed by atoms with Crippen molar-refractivity contribution in [3.8, 4) is 0 Å². The van der Waals surface area contributed by atoms with Gasteiger partial charge in [0.25, 0.3) is 0 Å². The van der Waals surface area contributed by atoms with Gasteiger partial charge in [-0.1, -0.05) is 17.8 Å². The van der Waals surface area contributed by atoms with Crippen LogP contribution >= 0.6 is 11.8 Å². The van der Waals surface area contributed by atoms with E-state index < -0.39 is 17.2 Å². The van der Waals surface area contributed by atoms with Gasteiger partial charge in [0.05, 0.1) is 18.8 Å². The summed E-state index contributed by atoms with van der Waals surface area (Å²) in [6.45, 7) is 1.01. The quantitative estimate of drug-likeness (QED) is 0.898. The molecule has 0 spiro atoms. The molecule has 2 saturated heterocycles. The van der Waals surface area contributed by atoms with E-state index in [4.69, 9.17) is 15.2 Å². The van der Waals surface area contributed by atoms with Crippen LogP contribution in [0, 0.1) is 17.6 Å². The minimum Gasteiger partial charge on any atom is -0.379 e. The van der Waals surface area contributed by atoms with E-state index in [1.807, 2.05) is 0 Å². The Morgan fingerprint density at radius 3 is 2.78 bits per heavy atom. The fourth-order valence-electron chi connectivity index (χ4n) is 3.64. The third-order valence-electron chi connectivity index (χ3n) is 5.00. The summed E-state index contributed by atoms with van der Waals surface area (Å²) in [5.41, 5.74) is 5.41. The van der Waals surface area contributed by atoms with Crippen LogP contribution < -0.4 is 5.73 Å². The molecule has 0 saturated carbocycles. The predicted molar refractivity (Wildman–Crippen MR) is 84.3 cm³/mol. The van der Waals surface area contributed by atoms with E-state index in [9.17, 15) is 8.78 Å². The number of fused-ring (bicyclic) bond motifs is 1. The van der Waals surface area contributed by atoms with Gasteiger partial charge >= 0.3 is 0 Å². The highest BCUT2D eigenvalue weighted by molar-refractivity contribution is 8.13. The summed E-state index contributed by atoms with van der Waals surface area (Å²) in [7, 11) is 0. The smallest absolute Gasteiger partial charge is 0.154 e. The molecule has 0 aliphatic carbocycles. The van der Waals surface area contributed by atoms with Crippen LogP contribution in [0.3, 0.4) is 0 Å². The standard InChI is InChI=1S/C16H18F2N2O2S/c17-10-1-2-11(12(18)6-10)16-8-22-14(13-3-4-21-13)5-9(16)7-23-15(19)20-16/h1-2,6,9,13-14H,3-5,7-8H2,(H2,19,20)/t9-,13?,14-,16-/m0/s1. The number of benzene rings is 1. The number of hydrogen-bond acceptors (Lipinski definition) is 5. The molecule has 2 fully saturated rings. The second-order valence-electron chi connectivity index (χ2n) is 6.29. The van der Waals surface area contributed by atoms with Crippen LogP contribution in [-0.2, 0) is 15.0 Å². The summed E-state index contributed by atoms with van der Waals surface area (Å²) in [5.74, 6) is -0.361. The molecule has 7 heteroatoms. The number of amidine groups is 1. The van der Waals surface area contributed by atoms with Gasteiger partial charge in [0.1, 0.15) is 17.2 Å². The molecule has 0 aromatic heterocycles. The second-order valence-corrected chi connectivity index (χ2v) is 7.33. The molecule has 4 atom stereocenters. The van der Waals surface area contributed by atoms with Gasteiger partial charge in [0, 0.05) is 29.9 Å². The first kappa shape index (κ1) is 15.4. The van der Waals surface area contributed by atoms with Crippen molar-refractivity contribution in [1.29, 1.82) is 0 Å². The Hall–Kier alpha value is -1.18. The predicted octanol–water partition coefficient (Wildman–Crippen LogP) is 2.42. The van der Waals surface area contributed by atoms with E-state index in [2.05, 4.69) is 4.99 Å². The molecule has 1 aromatic carbocycles. The van der Waals surface area contributed by atoms with Crippen LogP contribution in [0.2, 0.25) is 0 Å². The molecule has 4 rings (SSSR count). The zero-order valence-corrected chi connectivity index (χ0v) is 13.3. The van der Waals surface area contributed by atoms with Crippen molar-refractivity contribution in [2.24, 2.45) is 16.6 Å². The number of ether oxygens (including phenoxy) is 2. The summed E-state index contributed by atoms with van der Waals surface area (Å²) in [5, 5.41) is 0.423. The lowest BCUT2D eigenvalue weighted by Gasteiger charge is -2.48.